The van der Waals surface area contributed by atoms with Crippen molar-refractivity contribution in [2.75, 3.05) is 25.2 Å². The first-order valence-corrected chi connectivity index (χ1v) is 9.51. The van der Waals surface area contributed by atoms with E-state index < -0.39 is 0 Å². The normalized spacial score (nSPS) is 16.2. The van der Waals surface area contributed by atoms with Gasteiger partial charge >= 0.3 is 0 Å². The van der Waals surface area contributed by atoms with Crippen LogP contribution < -0.4 is 4.90 Å². The van der Waals surface area contributed by atoms with Crippen LogP contribution in [-0.4, -0.2) is 29.8 Å². The highest BCUT2D eigenvalue weighted by Crippen LogP contribution is 2.38. The van der Waals surface area contributed by atoms with Crippen molar-refractivity contribution in [3.8, 4) is 0 Å². The Hall–Kier alpha value is -2.11. The predicted molar refractivity (Wildman–Crippen MR) is 114 cm³/mol. The van der Waals surface area contributed by atoms with E-state index in [2.05, 4.69) is 36.3 Å². The second-order valence-corrected chi connectivity index (χ2v) is 7.35. The quantitative estimate of drug-likeness (QED) is 0.615. The van der Waals surface area contributed by atoms with Crippen molar-refractivity contribution in [2.45, 2.75) is 39.8 Å². The van der Waals surface area contributed by atoms with E-state index >= 15 is 0 Å². The SMILES string of the molecule is COCCn1c(C)c(C)c2ccnc(N3CCc4ccc(F)cc4C3C)c21.Cl. The van der Waals surface area contributed by atoms with Crippen molar-refractivity contribution >= 4 is 29.1 Å². The van der Waals surface area contributed by atoms with Gasteiger partial charge in [0.05, 0.1) is 18.2 Å². The van der Waals surface area contributed by atoms with E-state index in [4.69, 9.17) is 9.72 Å². The number of benzene rings is 1. The molecule has 0 fully saturated rings. The van der Waals surface area contributed by atoms with Gasteiger partial charge in [0.1, 0.15) is 5.82 Å². The first kappa shape index (κ1) is 20.6. The summed E-state index contributed by atoms with van der Waals surface area (Å²) in [4.78, 5) is 7.08. The number of aryl methyl sites for hydroxylation is 1. The van der Waals surface area contributed by atoms with Gasteiger partial charge in [0, 0.05) is 37.5 Å². The van der Waals surface area contributed by atoms with Crippen LogP contribution in [0.4, 0.5) is 10.2 Å². The van der Waals surface area contributed by atoms with Gasteiger partial charge in [0.25, 0.3) is 0 Å². The van der Waals surface area contributed by atoms with Crippen LogP contribution in [0.5, 0.6) is 0 Å². The molecule has 1 unspecified atom stereocenters. The lowest BCUT2D eigenvalue weighted by Gasteiger charge is -2.36. The summed E-state index contributed by atoms with van der Waals surface area (Å²) in [6, 6.07) is 7.32. The van der Waals surface area contributed by atoms with Crippen LogP contribution in [0, 0.1) is 19.7 Å². The molecule has 0 amide bonds. The number of nitrogens with zero attached hydrogens (tertiary/aromatic N) is 3. The van der Waals surface area contributed by atoms with Gasteiger partial charge in [-0.1, -0.05) is 6.07 Å². The molecule has 28 heavy (non-hydrogen) atoms. The van der Waals surface area contributed by atoms with E-state index in [9.17, 15) is 4.39 Å². The minimum Gasteiger partial charge on any atom is -0.383 e. The molecular weight excluding hydrogens is 377 g/mol. The Balaban J connectivity index is 0.00000225. The number of aromatic nitrogens is 2. The zero-order valence-electron chi connectivity index (χ0n) is 16.8. The van der Waals surface area contributed by atoms with Gasteiger partial charge in [-0.25, -0.2) is 9.37 Å². The zero-order valence-corrected chi connectivity index (χ0v) is 17.6. The molecule has 1 aliphatic heterocycles. The smallest absolute Gasteiger partial charge is 0.153 e. The summed E-state index contributed by atoms with van der Waals surface area (Å²) in [5, 5.41) is 1.23. The molecule has 4 rings (SSSR count). The van der Waals surface area contributed by atoms with Gasteiger partial charge in [-0.3, -0.25) is 0 Å². The van der Waals surface area contributed by atoms with Gasteiger partial charge in [-0.05, 0) is 62.1 Å². The Kier molecular flexibility index (Phi) is 5.96. The second kappa shape index (κ2) is 8.10. The number of methoxy groups -OCH3 is 1. The summed E-state index contributed by atoms with van der Waals surface area (Å²) >= 11 is 0. The van der Waals surface area contributed by atoms with Gasteiger partial charge in [0.2, 0.25) is 0 Å². The summed E-state index contributed by atoms with van der Waals surface area (Å²) in [5.41, 5.74) is 5.96. The van der Waals surface area contributed by atoms with Crippen LogP contribution in [0.3, 0.4) is 0 Å². The highest BCUT2D eigenvalue weighted by Gasteiger charge is 2.28. The molecule has 4 nitrogen and oxygen atoms in total. The van der Waals surface area contributed by atoms with E-state index in [0.29, 0.717) is 6.61 Å². The Bertz CT molecular complexity index is 1000. The maximum absolute atomic E-state index is 13.9. The summed E-state index contributed by atoms with van der Waals surface area (Å²) < 4.78 is 21.5. The Morgan fingerprint density at radius 3 is 2.79 bits per heavy atom. The lowest BCUT2D eigenvalue weighted by molar-refractivity contribution is 0.188. The number of rotatable bonds is 4. The van der Waals surface area contributed by atoms with Crippen molar-refractivity contribution in [1.29, 1.82) is 0 Å². The monoisotopic (exact) mass is 403 g/mol. The van der Waals surface area contributed by atoms with E-state index in [-0.39, 0.29) is 24.3 Å². The summed E-state index contributed by atoms with van der Waals surface area (Å²) in [6.45, 7) is 8.77. The molecular formula is C22H27ClFN3O. The predicted octanol–water partition coefficient (Wildman–Crippen LogP) is 4.98. The molecule has 0 N–H and O–H groups in total. The number of hydrogen-bond donors (Lipinski definition) is 0. The second-order valence-electron chi connectivity index (χ2n) is 7.35. The standard InChI is InChI=1S/C22H26FN3O.ClH/c1-14-15(2)25(11-12-27-4)21-19(14)7-9-24-22(21)26-10-8-17-5-6-18(23)13-20(17)16(26)3;/h5-7,9,13,16H,8,10-12H2,1-4H3;1H. The lowest BCUT2D eigenvalue weighted by Crippen LogP contribution is -2.35. The minimum atomic E-state index is -0.177. The number of ether oxygens (including phenoxy) is 1. The molecule has 3 aromatic rings. The largest absolute Gasteiger partial charge is 0.383 e. The van der Waals surface area contributed by atoms with Crippen LogP contribution in [0.1, 0.15) is 35.3 Å². The highest BCUT2D eigenvalue weighted by atomic mass is 35.5. The third-order valence-electron chi connectivity index (χ3n) is 5.97. The molecule has 0 aliphatic carbocycles. The van der Waals surface area contributed by atoms with Gasteiger partial charge in [0.15, 0.2) is 5.82 Å². The van der Waals surface area contributed by atoms with Gasteiger partial charge < -0.3 is 14.2 Å². The molecule has 3 heterocycles. The molecule has 0 saturated carbocycles. The van der Waals surface area contributed by atoms with E-state index in [1.807, 2.05) is 12.3 Å². The van der Waals surface area contributed by atoms with Crippen LogP contribution in [0.2, 0.25) is 0 Å². The third-order valence-corrected chi connectivity index (χ3v) is 5.97. The molecule has 0 spiro atoms. The number of fused-ring (bicyclic) bond motifs is 2. The van der Waals surface area contributed by atoms with Crippen molar-refractivity contribution in [3.63, 3.8) is 0 Å². The van der Waals surface area contributed by atoms with Crippen molar-refractivity contribution in [2.24, 2.45) is 0 Å². The fourth-order valence-electron chi connectivity index (χ4n) is 4.32. The molecule has 1 aromatic carbocycles. The van der Waals surface area contributed by atoms with Crippen LogP contribution >= 0.6 is 12.4 Å². The molecule has 0 bridgehead atoms. The number of halogens is 2. The topological polar surface area (TPSA) is 30.3 Å². The number of pyridine rings is 1. The van der Waals surface area contributed by atoms with Crippen molar-refractivity contribution in [3.05, 3.63) is 58.7 Å². The highest BCUT2D eigenvalue weighted by molar-refractivity contribution is 5.93. The average Bonchev–Trinajstić information content (AvgIpc) is 2.92. The fraction of sp³-hybridized carbons (Fsp3) is 0.409. The maximum atomic E-state index is 13.9. The minimum absolute atomic E-state index is 0. The Morgan fingerprint density at radius 2 is 2.04 bits per heavy atom. The van der Waals surface area contributed by atoms with Crippen molar-refractivity contribution in [1.82, 2.24) is 9.55 Å². The van der Waals surface area contributed by atoms with Crippen LogP contribution in [-0.2, 0) is 17.7 Å². The molecule has 2 aromatic heterocycles. The lowest BCUT2D eigenvalue weighted by atomic mass is 9.93. The maximum Gasteiger partial charge on any atom is 0.153 e. The van der Waals surface area contributed by atoms with E-state index in [0.717, 1.165) is 36.4 Å². The summed E-state index contributed by atoms with van der Waals surface area (Å²) in [7, 11) is 1.73. The summed E-state index contributed by atoms with van der Waals surface area (Å²) in [5.74, 6) is 0.797. The number of hydrogen-bond acceptors (Lipinski definition) is 3. The molecule has 1 atom stereocenters. The zero-order chi connectivity index (χ0) is 19.1. The summed E-state index contributed by atoms with van der Waals surface area (Å²) in [6.07, 6.45) is 2.79. The van der Waals surface area contributed by atoms with Crippen molar-refractivity contribution < 1.29 is 9.13 Å². The molecule has 1 aliphatic rings. The third kappa shape index (κ3) is 3.27. The van der Waals surface area contributed by atoms with E-state index in [1.165, 1.54) is 22.2 Å². The first-order valence-electron chi connectivity index (χ1n) is 9.51. The first-order chi connectivity index (χ1) is 13.0. The molecule has 6 heteroatoms. The number of anilines is 1. The van der Waals surface area contributed by atoms with Gasteiger partial charge in [-0.2, -0.15) is 0 Å². The van der Waals surface area contributed by atoms with Gasteiger partial charge in [-0.15, -0.1) is 12.4 Å². The average molecular weight is 404 g/mol. The van der Waals surface area contributed by atoms with Crippen LogP contribution in [0.25, 0.3) is 10.9 Å². The Labute approximate surface area is 171 Å². The molecule has 0 saturated heterocycles. The Morgan fingerprint density at radius 1 is 1.25 bits per heavy atom. The fourth-order valence-corrected chi connectivity index (χ4v) is 4.32. The van der Waals surface area contributed by atoms with Crippen LogP contribution in [0.15, 0.2) is 30.5 Å². The van der Waals surface area contributed by atoms with E-state index in [1.54, 1.807) is 19.2 Å². The molecule has 150 valence electrons. The molecule has 0 radical (unpaired) electrons.